The summed E-state index contributed by atoms with van der Waals surface area (Å²) in [5.41, 5.74) is 2.47. The van der Waals surface area contributed by atoms with Crippen LogP contribution in [0.25, 0.3) is 33.3 Å². The highest BCUT2D eigenvalue weighted by Crippen LogP contribution is 2.35. The average molecular weight is 539 g/mol. The minimum absolute atomic E-state index is 0.0959. The van der Waals surface area contributed by atoms with Crippen LogP contribution in [0, 0.1) is 5.82 Å². The molecule has 1 N–H and O–H groups in total. The average Bonchev–Trinajstić information content (AvgIpc) is 3.34. The van der Waals surface area contributed by atoms with Crippen molar-refractivity contribution < 1.29 is 23.5 Å². The van der Waals surface area contributed by atoms with Crippen LogP contribution in [0.5, 0.6) is 0 Å². The molecule has 208 valence electrons. The SMILES string of the molecule is CN(C(=O)OC(C)(C)C)c1nc2c(cc(-c3cc(F)cc(CNC(=O)OC(C)(C)C)c3)n2C)c2c1ncn2C. The Balaban J connectivity index is 1.77. The molecular weight excluding hydrogens is 503 g/mol. The second-order valence-corrected chi connectivity index (χ2v) is 11.6. The first kappa shape index (κ1) is 27.9. The number of anilines is 1. The van der Waals surface area contributed by atoms with Gasteiger partial charge in [-0.1, -0.05) is 0 Å². The van der Waals surface area contributed by atoms with Gasteiger partial charge in [-0.15, -0.1) is 0 Å². The summed E-state index contributed by atoms with van der Waals surface area (Å²) in [5, 5.41) is 3.46. The molecule has 10 nitrogen and oxygen atoms in total. The van der Waals surface area contributed by atoms with Crippen molar-refractivity contribution >= 4 is 40.1 Å². The molecule has 39 heavy (non-hydrogen) atoms. The van der Waals surface area contributed by atoms with E-state index in [-0.39, 0.29) is 6.54 Å². The minimum atomic E-state index is -0.676. The Morgan fingerprint density at radius 3 is 2.33 bits per heavy atom. The molecule has 11 heteroatoms. The second kappa shape index (κ2) is 9.87. The molecule has 0 aliphatic heterocycles. The van der Waals surface area contributed by atoms with E-state index in [1.807, 2.05) is 35.4 Å². The van der Waals surface area contributed by atoms with Gasteiger partial charge in [0.2, 0.25) is 0 Å². The number of rotatable bonds is 4. The highest BCUT2D eigenvalue weighted by molar-refractivity contribution is 6.10. The van der Waals surface area contributed by atoms with Crippen LogP contribution in [-0.4, -0.2) is 49.5 Å². The number of halogens is 1. The summed E-state index contributed by atoms with van der Waals surface area (Å²) in [6.07, 6.45) is 0.526. The lowest BCUT2D eigenvalue weighted by Gasteiger charge is -2.24. The molecule has 2 amide bonds. The number of pyridine rings is 1. The number of alkyl carbamates (subject to hydrolysis) is 1. The lowest BCUT2D eigenvalue weighted by atomic mass is 10.1. The number of aromatic nitrogens is 4. The number of nitrogens with one attached hydrogen (secondary N) is 1. The van der Waals surface area contributed by atoms with Gasteiger partial charge < -0.3 is 23.9 Å². The van der Waals surface area contributed by atoms with Gasteiger partial charge in [-0.2, -0.15) is 0 Å². The fraction of sp³-hybridized carbons (Fsp3) is 0.429. The van der Waals surface area contributed by atoms with Crippen LogP contribution in [0.4, 0.5) is 19.8 Å². The lowest BCUT2D eigenvalue weighted by molar-refractivity contribution is 0.0521. The Kier molecular flexibility index (Phi) is 7.05. The van der Waals surface area contributed by atoms with E-state index in [0.29, 0.717) is 33.8 Å². The van der Waals surface area contributed by atoms with Gasteiger partial charge in [-0.3, -0.25) is 4.90 Å². The van der Waals surface area contributed by atoms with E-state index in [1.54, 1.807) is 54.9 Å². The quantitative estimate of drug-likeness (QED) is 0.360. The molecule has 4 aromatic rings. The number of carbonyl (C=O) groups is 2. The summed E-state index contributed by atoms with van der Waals surface area (Å²) in [6, 6.07) is 6.53. The van der Waals surface area contributed by atoms with Gasteiger partial charge in [0, 0.05) is 38.6 Å². The monoisotopic (exact) mass is 538 g/mol. The molecule has 1 aromatic carbocycles. The van der Waals surface area contributed by atoms with E-state index in [1.165, 1.54) is 17.0 Å². The van der Waals surface area contributed by atoms with Crippen LogP contribution < -0.4 is 10.2 Å². The standard InChI is InChI=1S/C28H35FN6O4/c1-27(2,3)38-25(36)30-14-16-10-17(12-18(29)11-16)20-13-19-22-21(31-15-33(22)7)24(32-23(19)34(20)8)35(9)26(37)39-28(4,5)6/h10-13,15H,14H2,1-9H3,(H,30,36). The number of nitrogens with zero attached hydrogens (tertiary/aromatic N) is 5. The van der Waals surface area contributed by atoms with Crippen molar-refractivity contribution in [2.45, 2.75) is 59.3 Å². The summed E-state index contributed by atoms with van der Waals surface area (Å²) in [4.78, 5) is 35.6. The van der Waals surface area contributed by atoms with Gasteiger partial charge in [-0.05, 0) is 71.4 Å². The molecule has 0 fully saturated rings. The number of ether oxygens (including phenoxy) is 2. The highest BCUT2D eigenvalue weighted by atomic mass is 19.1. The lowest BCUT2D eigenvalue weighted by Crippen LogP contribution is -2.34. The molecule has 0 aliphatic rings. The first-order valence-corrected chi connectivity index (χ1v) is 12.6. The highest BCUT2D eigenvalue weighted by Gasteiger charge is 2.26. The van der Waals surface area contributed by atoms with Crippen molar-refractivity contribution in [2.75, 3.05) is 11.9 Å². The number of benzene rings is 1. The molecule has 0 unspecified atom stereocenters. The smallest absolute Gasteiger partial charge is 0.415 e. The zero-order valence-electron chi connectivity index (χ0n) is 23.8. The number of aryl methyl sites for hydroxylation is 2. The predicted molar refractivity (Wildman–Crippen MR) is 148 cm³/mol. The van der Waals surface area contributed by atoms with E-state index < -0.39 is 29.2 Å². The third-order valence-corrected chi connectivity index (χ3v) is 5.89. The topological polar surface area (TPSA) is 104 Å². The summed E-state index contributed by atoms with van der Waals surface area (Å²) >= 11 is 0. The molecule has 0 saturated carbocycles. The van der Waals surface area contributed by atoms with Crippen LogP contribution in [0.3, 0.4) is 0 Å². The van der Waals surface area contributed by atoms with Gasteiger partial charge in [-0.25, -0.2) is 23.9 Å². The number of fused-ring (bicyclic) bond motifs is 3. The van der Waals surface area contributed by atoms with E-state index in [9.17, 15) is 14.0 Å². The van der Waals surface area contributed by atoms with E-state index >= 15 is 0 Å². The van der Waals surface area contributed by atoms with Crippen molar-refractivity contribution in [1.29, 1.82) is 0 Å². The van der Waals surface area contributed by atoms with Gasteiger partial charge in [0.15, 0.2) is 5.82 Å². The van der Waals surface area contributed by atoms with Crippen molar-refractivity contribution in [1.82, 2.24) is 24.4 Å². The molecular formula is C28H35FN6O4. The third-order valence-electron chi connectivity index (χ3n) is 5.89. The molecule has 0 bridgehead atoms. The van der Waals surface area contributed by atoms with Crippen molar-refractivity contribution in [3.8, 4) is 11.3 Å². The summed E-state index contributed by atoms with van der Waals surface area (Å²) < 4.78 is 29.2. The minimum Gasteiger partial charge on any atom is -0.444 e. The Hall–Kier alpha value is -4.15. The number of amides is 2. The molecule has 3 heterocycles. The van der Waals surface area contributed by atoms with Gasteiger partial charge in [0.1, 0.15) is 28.2 Å². The van der Waals surface area contributed by atoms with Crippen LogP contribution in [0.15, 0.2) is 30.6 Å². The van der Waals surface area contributed by atoms with Crippen LogP contribution >= 0.6 is 0 Å². The zero-order chi connectivity index (χ0) is 28.9. The largest absolute Gasteiger partial charge is 0.444 e. The fourth-order valence-corrected chi connectivity index (χ4v) is 4.28. The second-order valence-electron chi connectivity index (χ2n) is 11.6. The Morgan fingerprint density at radius 2 is 1.69 bits per heavy atom. The molecule has 0 atom stereocenters. The maximum atomic E-state index is 14.7. The van der Waals surface area contributed by atoms with Gasteiger partial charge >= 0.3 is 12.2 Å². The molecule has 0 radical (unpaired) electrons. The molecule has 4 rings (SSSR count). The summed E-state index contributed by atoms with van der Waals surface area (Å²) in [6.45, 7) is 10.8. The maximum absolute atomic E-state index is 14.7. The fourth-order valence-electron chi connectivity index (χ4n) is 4.28. The van der Waals surface area contributed by atoms with E-state index in [2.05, 4.69) is 10.3 Å². The Morgan fingerprint density at radius 1 is 1.03 bits per heavy atom. The first-order valence-electron chi connectivity index (χ1n) is 12.6. The van der Waals surface area contributed by atoms with E-state index in [4.69, 9.17) is 14.5 Å². The Bertz CT molecular complexity index is 1580. The Labute approximate surface area is 226 Å². The molecule has 0 spiro atoms. The zero-order valence-corrected chi connectivity index (χ0v) is 23.8. The number of hydrogen-bond acceptors (Lipinski definition) is 6. The first-order chi connectivity index (χ1) is 18.0. The summed E-state index contributed by atoms with van der Waals surface area (Å²) in [5.74, 6) is -0.0932. The predicted octanol–water partition coefficient (Wildman–Crippen LogP) is 5.66. The number of imidazole rings is 1. The van der Waals surface area contributed by atoms with Crippen LogP contribution in [0.1, 0.15) is 47.1 Å². The van der Waals surface area contributed by atoms with Crippen LogP contribution in [0.2, 0.25) is 0 Å². The number of hydrogen-bond donors (Lipinski definition) is 1. The normalized spacial score (nSPS) is 12.2. The van der Waals surface area contributed by atoms with Crippen molar-refractivity contribution in [3.63, 3.8) is 0 Å². The third kappa shape index (κ3) is 5.97. The van der Waals surface area contributed by atoms with Gasteiger partial charge in [0.05, 0.1) is 17.5 Å². The summed E-state index contributed by atoms with van der Waals surface area (Å²) in [7, 11) is 5.28. The van der Waals surface area contributed by atoms with Gasteiger partial charge in [0.25, 0.3) is 0 Å². The van der Waals surface area contributed by atoms with E-state index in [0.717, 1.165) is 10.9 Å². The maximum Gasteiger partial charge on any atom is 0.415 e. The molecule has 0 aliphatic carbocycles. The number of carbonyl (C=O) groups excluding carboxylic acids is 2. The van der Waals surface area contributed by atoms with Crippen LogP contribution in [-0.2, 0) is 30.1 Å². The molecule has 3 aromatic heterocycles. The molecule has 0 saturated heterocycles. The van der Waals surface area contributed by atoms with Crippen molar-refractivity contribution in [3.05, 3.63) is 42.0 Å². The van der Waals surface area contributed by atoms with Crippen molar-refractivity contribution in [2.24, 2.45) is 14.1 Å².